The summed E-state index contributed by atoms with van der Waals surface area (Å²) in [4.78, 5) is 8.24. The number of anilines is 1. The van der Waals surface area contributed by atoms with Crippen molar-refractivity contribution >= 4 is 16.9 Å². The van der Waals surface area contributed by atoms with Gasteiger partial charge >= 0.3 is 0 Å². The van der Waals surface area contributed by atoms with Gasteiger partial charge in [0.2, 0.25) is 0 Å². The van der Waals surface area contributed by atoms with E-state index in [2.05, 4.69) is 9.97 Å². The van der Waals surface area contributed by atoms with Crippen LogP contribution in [0.3, 0.4) is 0 Å². The monoisotopic (exact) mass is 275 g/mol. The molecule has 0 fully saturated rings. The molecule has 2 aromatic carbocycles. The molecular weight excluding hydrogens is 267 g/mol. The molecule has 0 amide bonds. The molecule has 0 aliphatic rings. The normalized spacial score (nSPS) is 10.9. The van der Waals surface area contributed by atoms with Crippen molar-refractivity contribution in [3.63, 3.8) is 0 Å². The Labute approximate surface area is 111 Å². The molecule has 1 aromatic heterocycles. The van der Waals surface area contributed by atoms with Crippen LogP contribution in [0.2, 0.25) is 0 Å². The molecule has 0 unspecified atom stereocenters. The van der Waals surface area contributed by atoms with Crippen LogP contribution in [0, 0.1) is 17.5 Å². The lowest BCUT2D eigenvalue weighted by atomic mass is 10.1. The molecule has 0 saturated carbocycles. The number of rotatable bonds is 1. The molecule has 0 bridgehead atoms. The van der Waals surface area contributed by atoms with Crippen molar-refractivity contribution in [1.29, 1.82) is 0 Å². The fourth-order valence-corrected chi connectivity index (χ4v) is 1.92. The first kappa shape index (κ1) is 12.4. The Bertz CT molecular complexity index is 818. The third-order valence-corrected chi connectivity index (χ3v) is 2.86. The van der Waals surface area contributed by atoms with Crippen molar-refractivity contribution in [1.82, 2.24) is 9.97 Å². The Hall–Kier alpha value is -2.63. The molecule has 6 heteroatoms. The Morgan fingerprint density at radius 3 is 2.10 bits per heavy atom. The molecule has 0 spiro atoms. The minimum Gasteiger partial charge on any atom is -0.382 e. The number of nitrogens with zero attached hydrogens (tertiary/aromatic N) is 2. The zero-order chi connectivity index (χ0) is 14.3. The molecule has 20 heavy (non-hydrogen) atoms. The fraction of sp³-hybridized carbons (Fsp3) is 0. The van der Waals surface area contributed by atoms with Gasteiger partial charge in [0.1, 0.15) is 11.5 Å². The van der Waals surface area contributed by atoms with E-state index in [0.717, 1.165) is 6.07 Å². The first-order valence-electron chi connectivity index (χ1n) is 5.73. The van der Waals surface area contributed by atoms with Crippen molar-refractivity contribution < 1.29 is 13.2 Å². The maximum Gasteiger partial charge on any atom is 0.161 e. The van der Waals surface area contributed by atoms with Gasteiger partial charge < -0.3 is 5.73 Å². The van der Waals surface area contributed by atoms with Crippen LogP contribution in [0.5, 0.6) is 0 Å². The third kappa shape index (κ3) is 1.95. The number of halogens is 3. The molecule has 0 aliphatic heterocycles. The number of benzene rings is 2. The Balaban J connectivity index is 2.29. The molecule has 3 aromatic rings. The zero-order valence-corrected chi connectivity index (χ0v) is 10.1. The van der Waals surface area contributed by atoms with Crippen molar-refractivity contribution in [3.05, 3.63) is 53.8 Å². The highest BCUT2D eigenvalue weighted by atomic mass is 19.2. The lowest BCUT2D eigenvalue weighted by Gasteiger charge is -2.08. The zero-order valence-electron chi connectivity index (χ0n) is 10.1. The maximum atomic E-state index is 13.8. The number of aromatic nitrogens is 2. The van der Waals surface area contributed by atoms with E-state index in [9.17, 15) is 13.2 Å². The van der Waals surface area contributed by atoms with Crippen molar-refractivity contribution in [3.8, 4) is 11.3 Å². The van der Waals surface area contributed by atoms with Gasteiger partial charge in [-0.3, -0.25) is 0 Å². The van der Waals surface area contributed by atoms with Gasteiger partial charge in [-0.05, 0) is 18.2 Å². The van der Waals surface area contributed by atoms with Gasteiger partial charge in [-0.2, -0.15) is 0 Å². The number of nitrogen functional groups attached to an aromatic ring is 1. The molecule has 0 aliphatic carbocycles. The van der Waals surface area contributed by atoms with Gasteiger partial charge in [-0.15, -0.1) is 0 Å². The fourth-order valence-electron chi connectivity index (χ4n) is 1.92. The summed E-state index contributed by atoms with van der Waals surface area (Å²) in [6, 6.07) is 8.04. The van der Waals surface area contributed by atoms with E-state index in [4.69, 9.17) is 5.73 Å². The first-order valence-corrected chi connectivity index (χ1v) is 5.73. The lowest BCUT2D eigenvalue weighted by molar-refractivity contribution is 0.496. The largest absolute Gasteiger partial charge is 0.382 e. The summed E-state index contributed by atoms with van der Waals surface area (Å²) in [5, 5.41) is 0. The average molecular weight is 275 g/mol. The van der Waals surface area contributed by atoms with Crippen LogP contribution in [0.1, 0.15) is 0 Å². The van der Waals surface area contributed by atoms with Gasteiger partial charge in [0.15, 0.2) is 17.5 Å². The Morgan fingerprint density at radius 1 is 0.800 bits per heavy atom. The lowest BCUT2D eigenvalue weighted by Crippen LogP contribution is -2.01. The first-order chi connectivity index (χ1) is 9.56. The second-order valence-electron chi connectivity index (χ2n) is 4.19. The quantitative estimate of drug-likeness (QED) is 0.693. The van der Waals surface area contributed by atoms with Crippen molar-refractivity contribution in [2.75, 3.05) is 5.73 Å². The maximum absolute atomic E-state index is 13.8. The van der Waals surface area contributed by atoms with Gasteiger partial charge in [-0.25, -0.2) is 23.1 Å². The smallest absolute Gasteiger partial charge is 0.161 e. The molecule has 100 valence electrons. The predicted octanol–water partition coefficient (Wildman–Crippen LogP) is 3.30. The number of nitrogens with two attached hydrogens (primary N) is 1. The average Bonchev–Trinajstić information content (AvgIpc) is 2.42. The van der Waals surface area contributed by atoms with Crippen LogP contribution < -0.4 is 5.73 Å². The second kappa shape index (κ2) is 4.48. The molecule has 1 heterocycles. The molecule has 3 nitrogen and oxygen atoms in total. The minimum atomic E-state index is -1.27. The van der Waals surface area contributed by atoms with E-state index < -0.39 is 17.5 Å². The van der Waals surface area contributed by atoms with Gasteiger partial charge in [0, 0.05) is 11.6 Å². The van der Waals surface area contributed by atoms with Crippen LogP contribution in [-0.4, -0.2) is 9.97 Å². The van der Waals surface area contributed by atoms with E-state index in [0.29, 0.717) is 17.1 Å². The highest BCUT2D eigenvalue weighted by molar-refractivity contribution is 5.82. The Morgan fingerprint density at radius 2 is 1.40 bits per heavy atom. The molecule has 0 saturated heterocycles. The van der Waals surface area contributed by atoms with Crippen LogP contribution in [0.25, 0.3) is 22.3 Å². The van der Waals surface area contributed by atoms with Crippen molar-refractivity contribution in [2.24, 2.45) is 0 Å². The van der Waals surface area contributed by atoms with Gasteiger partial charge in [0.25, 0.3) is 0 Å². The molecular formula is C14H8F3N3. The van der Waals surface area contributed by atoms with Crippen LogP contribution in [0.15, 0.2) is 36.4 Å². The summed E-state index contributed by atoms with van der Waals surface area (Å²) in [5.41, 5.74) is 6.51. The standard InChI is InChI=1S/C14H8F3N3/c15-8-6-10(17)9(16)5-7(8)13-14(18)20-12-4-2-1-3-11(12)19-13/h1-6H,(H2,18,20). The highest BCUT2D eigenvalue weighted by Gasteiger charge is 2.16. The van der Waals surface area contributed by atoms with E-state index >= 15 is 0 Å². The molecule has 0 atom stereocenters. The van der Waals surface area contributed by atoms with E-state index in [-0.39, 0.29) is 17.1 Å². The summed E-state index contributed by atoms with van der Waals surface area (Å²) in [7, 11) is 0. The summed E-state index contributed by atoms with van der Waals surface area (Å²) < 4.78 is 40.0. The molecule has 0 radical (unpaired) electrons. The summed E-state index contributed by atoms with van der Waals surface area (Å²) in [6.07, 6.45) is 0. The summed E-state index contributed by atoms with van der Waals surface area (Å²) >= 11 is 0. The summed E-state index contributed by atoms with van der Waals surface area (Å²) in [5.74, 6) is -3.43. The number of hydrogen-bond donors (Lipinski definition) is 1. The van der Waals surface area contributed by atoms with Gasteiger partial charge in [0.05, 0.1) is 11.0 Å². The predicted molar refractivity (Wildman–Crippen MR) is 69.3 cm³/mol. The third-order valence-electron chi connectivity index (χ3n) is 2.86. The minimum absolute atomic E-state index is 0.0138. The van der Waals surface area contributed by atoms with Crippen LogP contribution in [-0.2, 0) is 0 Å². The number of hydrogen-bond acceptors (Lipinski definition) is 3. The second-order valence-corrected chi connectivity index (χ2v) is 4.19. The van der Waals surface area contributed by atoms with Crippen LogP contribution >= 0.6 is 0 Å². The van der Waals surface area contributed by atoms with E-state index in [1.54, 1.807) is 24.3 Å². The summed E-state index contributed by atoms with van der Waals surface area (Å²) in [6.45, 7) is 0. The van der Waals surface area contributed by atoms with E-state index in [1.165, 1.54) is 0 Å². The molecule has 2 N–H and O–H groups in total. The molecule has 3 rings (SSSR count). The van der Waals surface area contributed by atoms with E-state index in [1.807, 2.05) is 0 Å². The topological polar surface area (TPSA) is 51.8 Å². The van der Waals surface area contributed by atoms with Gasteiger partial charge in [-0.1, -0.05) is 12.1 Å². The number of para-hydroxylation sites is 2. The highest BCUT2D eigenvalue weighted by Crippen LogP contribution is 2.28. The van der Waals surface area contributed by atoms with Crippen LogP contribution in [0.4, 0.5) is 19.0 Å². The number of fused-ring (bicyclic) bond motifs is 1. The SMILES string of the molecule is Nc1nc2ccccc2nc1-c1cc(F)c(F)cc1F. The Kier molecular flexibility index (Phi) is 2.78. The van der Waals surface area contributed by atoms with Crippen molar-refractivity contribution in [2.45, 2.75) is 0 Å².